The van der Waals surface area contributed by atoms with Gasteiger partial charge in [-0.1, -0.05) is 19.9 Å². The molecule has 0 aromatic carbocycles. The average Bonchev–Trinajstić information content (AvgIpc) is 2.17. The van der Waals surface area contributed by atoms with Crippen molar-refractivity contribution in [3.63, 3.8) is 0 Å². The first-order chi connectivity index (χ1) is 6.60. The topological polar surface area (TPSA) is 35.5 Å². The van der Waals surface area contributed by atoms with Crippen molar-refractivity contribution in [2.24, 2.45) is 5.92 Å². The van der Waals surface area contributed by atoms with Gasteiger partial charge >= 0.3 is 5.97 Å². The van der Waals surface area contributed by atoms with Crippen molar-refractivity contribution in [2.45, 2.75) is 39.4 Å². The highest BCUT2D eigenvalue weighted by Crippen LogP contribution is 2.26. The molecule has 0 unspecified atom stereocenters. The molecule has 0 aromatic rings. The third kappa shape index (κ3) is 2.15. The van der Waals surface area contributed by atoms with Gasteiger partial charge in [-0.2, -0.15) is 0 Å². The third-order valence-corrected chi connectivity index (χ3v) is 2.65. The summed E-state index contributed by atoms with van der Waals surface area (Å²) in [4.78, 5) is 11.4. The lowest BCUT2D eigenvalue weighted by atomic mass is 9.94. The Morgan fingerprint density at radius 1 is 1.64 bits per heavy atom. The molecule has 0 spiro atoms. The van der Waals surface area contributed by atoms with Gasteiger partial charge in [0, 0.05) is 5.92 Å². The maximum Gasteiger partial charge on any atom is 0.339 e. The molecule has 0 radical (unpaired) electrons. The molecule has 14 heavy (non-hydrogen) atoms. The van der Waals surface area contributed by atoms with Crippen LogP contribution in [-0.2, 0) is 14.3 Å². The Bertz CT molecular complexity index is 245. The fraction of sp³-hybridized carbons (Fsp3) is 0.727. The lowest BCUT2D eigenvalue weighted by molar-refractivity contribution is -0.157. The minimum absolute atomic E-state index is 0.128. The van der Waals surface area contributed by atoms with Crippen LogP contribution in [0.4, 0.5) is 0 Å². The van der Waals surface area contributed by atoms with E-state index in [2.05, 4.69) is 24.7 Å². The summed E-state index contributed by atoms with van der Waals surface area (Å²) in [6, 6.07) is 0. The van der Waals surface area contributed by atoms with Crippen molar-refractivity contribution in [1.29, 1.82) is 0 Å². The minimum atomic E-state index is -0.499. The predicted octanol–water partition coefficient (Wildman–Crippen LogP) is 1.92. The molecule has 1 heterocycles. The summed E-state index contributed by atoms with van der Waals surface area (Å²) in [5.41, 5.74) is 0.953. The maximum absolute atomic E-state index is 11.4. The van der Waals surface area contributed by atoms with Gasteiger partial charge in [0.2, 0.25) is 0 Å². The number of methoxy groups -OCH3 is 1. The Morgan fingerprint density at radius 3 is 2.79 bits per heavy atom. The fourth-order valence-electron chi connectivity index (χ4n) is 1.83. The summed E-state index contributed by atoms with van der Waals surface area (Å²) in [7, 11) is 1.39. The van der Waals surface area contributed by atoms with Crippen LogP contribution in [0.3, 0.4) is 0 Å². The largest absolute Gasteiger partial charge is 0.467 e. The summed E-state index contributed by atoms with van der Waals surface area (Å²) in [5, 5.41) is 0. The molecule has 0 saturated heterocycles. The van der Waals surface area contributed by atoms with Gasteiger partial charge in [-0.25, -0.2) is 4.79 Å². The van der Waals surface area contributed by atoms with Crippen LogP contribution in [-0.4, -0.2) is 25.3 Å². The van der Waals surface area contributed by atoms with Gasteiger partial charge in [0.1, 0.15) is 0 Å². The molecule has 3 nitrogen and oxygen atoms in total. The molecular formula is C11H18O3. The maximum atomic E-state index is 11.4. The zero-order valence-corrected chi connectivity index (χ0v) is 9.24. The number of esters is 1. The molecular weight excluding hydrogens is 180 g/mol. The first-order valence-corrected chi connectivity index (χ1v) is 5.01. The Morgan fingerprint density at radius 2 is 2.29 bits per heavy atom. The SMILES string of the molecule is CC[C@H]1O[C@H](C(=O)OC)C(C)=C[C@@H]1C. The van der Waals surface area contributed by atoms with Crippen molar-refractivity contribution in [1.82, 2.24) is 0 Å². The average molecular weight is 198 g/mol. The van der Waals surface area contributed by atoms with E-state index in [1.54, 1.807) is 0 Å². The molecule has 1 aliphatic rings. The van der Waals surface area contributed by atoms with Gasteiger partial charge < -0.3 is 9.47 Å². The number of carbonyl (C=O) groups excluding carboxylic acids is 1. The Hall–Kier alpha value is -0.830. The quantitative estimate of drug-likeness (QED) is 0.502. The predicted molar refractivity (Wildman–Crippen MR) is 53.9 cm³/mol. The Kier molecular flexibility index (Phi) is 3.69. The van der Waals surface area contributed by atoms with E-state index in [-0.39, 0.29) is 12.1 Å². The van der Waals surface area contributed by atoms with Gasteiger partial charge in [0.25, 0.3) is 0 Å². The standard InChI is InChI=1S/C11H18O3/c1-5-9-7(2)6-8(3)10(14-9)11(12)13-4/h6-7,9-10H,5H2,1-4H3/t7-,9+,10-/m0/s1. The van der Waals surface area contributed by atoms with E-state index in [9.17, 15) is 4.79 Å². The highest BCUT2D eigenvalue weighted by atomic mass is 16.6. The summed E-state index contributed by atoms with van der Waals surface area (Å²) in [5.74, 6) is 0.0741. The van der Waals surface area contributed by atoms with E-state index in [0.717, 1.165) is 12.0 Å². The normalized spacial score (nSPS) is 32.3. The van der Waals surface area contributed by atoms with Gasteiger partial charge in [0.05, 0.1) is 13.2 Å². The van der Waals surface area contributed by atoms with Crippen molar-refractivity contribution in [3.8, 4) is 0 Å². The molecule has 0 amide bonds. The molecule has 1 rings (SSSR count). The van der Waals surface area contributed by atoms with Crippen LogP contribution in [0, 0.1) is 5.92 Å². The second-order valence-corrected chi connectivity index (χ2v) is 3.76. The molecule has 3 heteroatoms. The molecule has 0 saturated carbocycles. The zero-order valence-electron chi connectivity index (χ0n) is 9.24. The molecule has 0 aliphatic carbocycles. The van der Waals surface area contributed by atoms with Gasteiger partial charge in [-0.15, -0.1) is 0 Å². The van der Waals surface area contributed by atoms with Crippen molar-refractivity contribution < 1.29 is 14.3 Å². The van der Waals surface area contributed by atoms with E-state index in [0.29, 0.717) is 5.92 Å². The van der Waals surface area contributed by atoms with Crippen LogP contribution in [0.5, 0.6) is 0 Å². The number of hydrogen-bond acceptors (Lipinski definition) is 3. The van der Waals surface area contributed by atoms with Crippen LogP contribution < -0.4 is 0 Å². The first-order valence-electron chi connectivity index (χ1n) is 5.01. The van der Waals surface area contributed by atoms with Crippen LogP contribution in [0.1, 0.15) is 27.2 Å². The van der Waals surface area contributed by atoms with Crippen LogP contribution in [0.15, 0.2) is 11.6 Å². The number of carbonyl (C=O) groups is 1. The monoisotopic (exact) mass is 198 g/mol. The smallest absolute Gasteiger partial charge is 0.339 e. The summed E-state index contributed by atoms with van der Waals surface area (Å²) in [6.45, 7) is 6.07. The van der Waals surface area contributed by atoms with Crippen molar-refractivity contribution in [2.75, 3.05) is 7.11 Å². The Labute approximate surface area is 85.1 Å². The molecule has 0 bridgehead atoms. The third-order valence-electron chi connectivity index (χ3n) is 2.65. The summed E-state index contributed by atoms with van der Waals surface area (Å²) < 4.78 is 10.4. The molecule has 80 valence electrons. The number of ether oxygens (including phenoxy) is 2. The van der Waals surface area contributed by atoms with E-state index in [1.807, 2.05) is 6.92 Å². The molecule has 3 atom stereocenters. The number of rotatable bonds is 2. The van der Waals surface area contributed by atoms with E-state index < -0.39 is 6.10 Å². The lowest BCUT2D eigenvalue weighted by Gasteiger charge is -2.31. The number of hydrogen-bond donors (Lipinski definition) is 0. The lowest BCUT2D eigenvalue weighted by Crippen LogP contribution is -2.37. The van der Waals surface area contributed by atoms with Crippen molar-refractivity contribution >= 4 is 5.97 Å². The molecule has 0 N–H and O–H groups in total. The fourth-order valence-corrected chi connectivity index (χ4v) is 1.83. The van der Waals surface area contributed by atoms with E-state index >= 15 is 0 Å². The van der Waals surface area contributed by atoms with E-state index in [4.69, 9.17) is 4.74 Å². The zero-order chi connectivity index (χ0) is 10.7. The van der Waals surface area contributed by atoms with Crippen LogP contribution >= 0.6 is 0 Å². The highest BCUT2D eigenvalue weighted by Gasteiger charge is 2.31. The van der Waals surface area contributed by atoms with Crippen LogP contribution in [0.2, 0.25) is 0 Å². The molecule has 0 aromatic heterocycles. The highest BCUT2D eigenvalue weighted by molar-refractivity contribution is 5.78. The van der Waals surface area contributed by atoms with Crippen LogP contribution in [0.25, 0.3) is 0 Å². The van der Waals surface area contributed by atoms with E-state index in [1.165, 1.54) is 7.11 Å². The first kappa shape index (κ1) is 11.2. The molecule has 1 aliphatic heterocycles. The summed E-state index contributed by atoms with van der Waals surface area (Å²) in [6.07, 6.45) is 2.64. The van der Waals surface area contributed by atoms with Gasteiger partial charge in [-0.05, 0) is 18.9 Å². The van der Waals surface area contributed by atoms with Crippen molar-refractivity contribution in [3.05, 3.63) is 11.6 Å². The second-order valence-electron chi connectivity index (χ2n) is 3.76. The van der Waals surface area contributed by atoms with Gasteiger partial charge in [-0.3, -0.25) is 0 Å². The second kappa shape index (κ2) is 4.60. The minimum Gasteiger partial charge on any atom is -0.467 e. The molecule has 0 fully saturated rings. The Balaban J connectivity index is 2.79. The van der Waals surface area contributed by atoms with Gasteiger partial charge in [0.15, 0.2) is 6.10 Å². The summed E-state index contributed by atoms with van der Waals surface area (Å²) >= 11 is 0.